The van der Waals surface area contributed by atoms with Gasteiger partial charge in [0.15, 0.2) is 0 Å². The minimum absolute atomic E-state index is 0.682. The summed E-state index contributed by atoms with van der Waals surface area (Å²) in [7, 11) is 0. The van der Waals surface area contributed by atoms with Gasteiger partial charge in [0.1, 0.15) is 0 Å². The topological polar surface area (TPSA) is 3.24 Å². The largest absolute Gasteiger partial charge is 0.303 e. The van der Waals surface area contributed by atoms with Crippen molar-refractivity contribution in [2.24, 2.45) is 40.4 Å². The first-order chi connectivity index (χ1) is 16.5. The molecule has 0 N–H and O–H groups in total. The molecule has 0 aromatic heterocycles. The lowest BCUT2D eigenvalue weighted by Gasteiger charge is -2.60. The third kappa shape index (κ3) is 5.75. The van der Waals surface area contributed by atoms with Crippen LogP contribution >= 0.6 is 0 Å². The zero-order chi connectivity index (χ0) is 24.0. The van der Waals surface area contributed by atoms with Gasteiger partial charge in [-0.25, -0.2) is 0 Å². The number of fused-ring (bicyclic) bond motifs is 5. The molecule has 198 valence electrons. The molecule has 7 atom stereocenters. The highest BCUT2D eigenvalue weighted by Gasteiger charge is 2.59. The monoisotopic (exact) mass is 471 g/mol. The molecular formula is C33H61N. The fourth-order valence-electron chi connectivity index (χ4n) is 10.1. The molecule has 0 amide bonds. The van der Waals surface area contributed by atoms with Gasteiger partial charge in [-0.3, -0.25) is 0 Å². The molecule has 0 spiro atoms. The second-order valence-electron chi connectivity index (χ2n) is 14.0. The van der Waals surface area contributed by atoms with E-state index in [0.29, 0.717) is 10.8 Å². The van der Waals surface area contributed by atoms with E-state index in [2.05, 4.69) is 32.6 Å². The van der Waals surface area contributed by atoms with Crippen molar-refractivity contribution >= 4 is 0 Å². The second-order valence-corrected chi connectivity index (χ2v) is 14.0. The van der Waals surface area contributed by atoms with Crippen molar-refractivity contribution in [3.63, 3.8) is 0 Å². The first kappa shape index (κ1) is 27.0. The molecule has 0 heterocycles. The highest BCUT2D eigenvalue weighted by Crippen LogP contribution is 2.67. The van der Waals surface area contributed by atoms with Crippen LogP contribution in [-0.2, 0) is 0 Å². The summed E-state index contributed by atoms with van der Waals surface area (Å²) in [6, 6.07) is 0. The lowest BCUT2D eigenvalue weighted by molar-refractivity contribution is -0.111. The Balaban J connectivity index is 1.26. The van der Waals surface area contributed by atoms with Crippen molar-refractivity contribution in [2.45, 2.75) is 150 Å². The smallest absolute Gasteiger partial charge is 0.00187 e. The Hall–Kier alpha value is -0.0400. The summed E-state index contributed by atoms with van der Waals surface area (Å²) in [5, 5.41) is 0. The van der Waals surface area contributed by atoms with Crippen LogP contribution in [0.1, 0.15) is 150 Å². The summed E-state index contributed by atoms with van der Waals surface area (Å²) in [5.41, 5.74) is 1.39. The number of nitrogens with zero attached hydrogens (tertiary/aromatic N) is 1. The average molecular weight is 472 g/mol. The minimum Gasteiger partial charge on any atom is -0.303 e. The predicted octanol–water partition coefficient (Wildman–Crippen LogP) is 9.89. The molecule has 0 bridgehead atoms. The van der Waals surface area contributed by atoms with Gasteiger partial charge in [0.25, 0.3) is 0 Å². The zero-order valence-electron chi connectivity index (χ0n) is 23.9. The molecule has 4 aliphatic carbocycles. The van der Waals surface area contributed by atoms with Crippen LogP contribution < -0.4 is 0 Å². The maximum Gasteiger partial charge on any atom is -0.00187 e. The molecular weight excluding hydrogens is 410 g/mol. The van der Waals surface area contributed by atoms with E-state index in [-0.39, 0.29) is 0 Å². The molecule has 0 aromatic rings. The van der Waals surface area contributed by atoms with E-state index in [1.807, 2.05) is 0 Å². The van der Waals surface area contributed by atoms with Gasteiger partial charge in [-0.15, -0.1) is 0 Å². The Morgan fingerprint density at radius 3 is 2.00 bits per heavy atom. The van der Waals surface area contributed by atoms with Gasteiger partial charge >= 0.3 is 0 Å². The van der Waals surface area contributed by atoms with Crippen LogP contribution in [0, 0.1) is 40.4 Å². The van der Waals surface area contributed by atoms with E-state index in [1.54, 1.807) is 51.4 Å². The van der Waals surface area contributed by atoms with Crippen molar-refractivity contribution < 1.29 is 0 Å². The average Bonchev–Trinajstić information content (AvgIpc) is 3.17. The van der Waals surface area contributed by atoms with Gasteiger partial charge in [0, 0.05) is 0 Å². The summed E-state index contributed by atoms with van der Waals surface area (Å²) >= 11 is 0. The van der Waals surface area contributed by atoms with E-state index >= 15 is 0 Å². The standard InChI is InChI=1S/C33H61N/c1-5-7-12-24-34(25-13-8-6-2)26-14-10-16-28-18-20-30-29-19-17-27-15-9-11-22-32(27,3)31(29)21-23-33(28,30)4/h27-31H,5-26H2,1-4H3/t27?,28-,29-,30?,31?,32?,33+/m0/s1. The molecule has 0 radical (unpaired) electrons. The van der Waals surface area contributed by atoms with E-state index in [0.717, 1.165) is 29.6 Å². The van der Waals surface area contributed by atoms with E-state index in [1.165, 1.54) is 90.3 Å². The van der Waals surface area contributed by atoms with E-state index < -0.39 is 0 Å². The second kappa shape index (κ2) is 12.5. The normalized spacial score (nSPS) is 39.6. The highest BCUT2D eigenvalue weighted by molar-refractivity contribution is 5.08. The molecule has 34 heavy (non-hydrogen) atoms. The molecule has 1 nitrogen and oxygen atoms in total. The quantitative estimate of drug-likeness (QED) is 0.241. The van der Waals surface area contributed by atoms with Gasteiger partial charge in [0.2, 0.25) is 0 Å². The zero-order valence-corrected chi connectivity index (χ0v) is 23.9. The van der Waals surface area contributed by atoms with Gasteiger partial charge in [0.05, 0.1) is 0 Å². The lowest BCUT2D eigenvalue weighted by Crippen LogP contribution is -2.52. The molecule has 1 heteroatoms. The summed E-state index contributed by atoms with van der Waals surface area (Å²) < 4.78 is 0. The summed E-state index contributed by atoms with van der Waals surface area (Å²) in [6.07, 6.45) is 28.4. The van der Waals surface area contributed by atoms with Gasteiger partial charge in [-0.2, -0.15) is 0 Å². The Labute approximate surface area is 214 Å². The van der Waals surface area contributed by atoms with Crippen LogP contribution in [-0.4, -0.2) is 24.5 Å². The van der Waals surface area contributed by atoms with E-state index in [4.69, 9.17) is 0 Å². The van der Waals surface area contributed by atoms with Crippen molar-refractivity contribution in [1.29, 1.82) is 0 Å². The van der Waals surface area contributed by atoms with Crippen LogP contribution in [0.2, 0.25) is 0 Å². The van der Waals surface area contributed by atoms with Crippen molar-refractivity contribution in [3.05, 3.63) is 0 Å². The fraction of sp³-hybridized carbons (Fsp3) is 1.00. The van der Waals surface area contributed by atoms with Crippen LogP contribution in [0.3, 0.4) is 0 Å². The first-order valence-electron chi connectivity index (χ1n) is 16.2. The van der Waals surface area contributed by atoms with Crippen LogP contribution in [0.15, 0.2) is 0 Å². The maximum atomic E-state index is 2.82. The Morgan fingerprint density at radius 2 is 1.29 bits per heavy atom. The number of unbranched alkanes of at least 4 members (excludes halogenated alkanes) is 5. The van der Waals surface area contributed by atoms with Gasteiger partial charge in [-0.1, -0.05) is 72.6 Å². The molecule has 0 aromatic carbocycles. The highest BCUT2D eigenvalue weighted by atomic mass is 15.1. The minimum atomic E-state index is 0.682. The molecule has 4 unspecified atom stereocenters. The molecule has 0 aliphatic heterocycles. The van der Waals surface area contributed by atoms with Crippen LogP contribution in [0.4, 0.5) is 0 Å². The Bertz CT molecular complexity index is 589. The lowest BCUT2D eigenvalue weighted by atomic mass is 9.45. The van der Waals surface area contributed by atoms with Crippen molar-refractivity contribution in [2.75, 3.05) is 19.6 Å². The van der Waals surface area contributed by atoms with Gasteiger partial charge < -0.3 is 4.90 Å². The molecule has 4 saturated carbocycles. The summed E-state index contributed by atoms with van der Waals surface area (Å²) in [5.74, 6) is 5.32. The van der Waals surface area contributed by atoms with Crippen molar-refractivity contribution in [1.82, 2.24) is 4.90 Å². The SMILES string of the molecule is CCCCCN(CCCCC)CCCC[C@H]1CCC2[C@@H]3CCC4CCCCC4(C)C3CC[C@@]21C. The fourth-order valence-corrected chi connectivity index (χ4v) is 10.1. The summed E-state index contributed by atoms with van der Waals surface area (Å²) in [6.45, 7) is 14.3. The molecule has 4 fully saturated rings. The molecule has 4 aliphatic rings. The number of hydrogen-bond donors (Lipinski definition) is 0. The Morgan fingerprint density at radius 1 is 0.618 bits per heavy atom. The van der Waals surface area contributed by atoms with Crippen LogP contribution in [0.25, 0.3) is 0 Å². The summed E-state index contributed by atoms with van der Waals surface area (Å²) in [4.78, 5) is 2.82. The van der Waals surface area contributed by atoms with Crippen molar-refractivity contribution in [3.8, 4) is 0 Å². The van der Waals surface area contributed by atoms with E-state index in [9.17, 15) is 0 Å². The predicted molar refractivity (Wildman–Crippen MR) is 149 cm³/mol. The molecule has 4 rings (SSSR count). The number of rotatable bonds is 13. The maximum absolute atomic E-state index is 2.82. The third-order valence-electron chi connectivity index (χ3n) is 12.2. The first-order valence-corrected chi connectivity index (χ1v) is 16.2. The van der Waals surface area contributed by atoms with Crippen LogP contribution in [0.5, 0.6) is 0 Å². The third-order valence-corrected chi connectivity index (χ3v) is 12.2. The Kier molecular flexibility index (Phi) is 9.91. The number of hydrogen-bond acceptors (Lipinski definition) is 1. The molecule has 0 saturated heterocycles. The van der Waals surface area contributed by atoms with Gasteiger partial charge in [-0.05, 0) is 137 Å².